The second-order valence-corrected chi connectivity index (χ2v) is 7.48. The van der Waals surface area contributed by atoms with Crippen molar-refractivity contribution in [3.8, 4) is 0 Å². The molecule has 0 aromatic heterocycles. The predicted molar refractivity (Wildman–Crippen MR) is 112 cm³/mol. The third kappa shape index (κ3) is 6.57. The minimum Gasteiger partial charge on any atom is -0.381 e. The van der Waals surface area contributed by atoms with Gasteiger partial charge >= 0.3 is 0 Å². The van der Waals surface area contributed by atoms with Crippen molar-refractivity contribution >= 4 is 41.8 Å². The van der Waals surface area contributed by atoms with E-state index in [1.54, 1.807) is 14.1 Å². The van der Waals surface area contributed by atoms with Gasteiger partial charge in [0.05, 0.1) is 13.2 Å². The van der Waals surface area contributed by atoms with E-state index in [4.69, 9.17) is 4.74 Å². The average molecular weight is 481 g/mol. The summed E-state index contributed by atoms with van der Waals surface area (Å²) in [5, 5.41) is 5.95. The molecule has 0 bridgehead atoms. The Hall–Kier alpha value is -1.10. The Morgan fingerprint density at radius 3 is 2.62 bits per heavy atom. The van der Waals surface area contributed by atoms with Gasteiger partial charge < -0.3 is 25.2 Å². The molecule has 1 atom stereocenters. The van der Waals surface area contributed by atoms with Gasteiger partial charge in [-0.25, -0.2) is 4.99 Å². The molecular weight excluding hydrogens is 449 g/mol. The summed E-state index contributed by atoms with van der Waals surface area (Å²) >= 11 is 0. The average Bonchev–Trinajstić information content (AvgIpc) is 3.16. The van der Waals surface area contributed by atoms with Crippen LogP contribution in [0.3, 0.4) is 0 Å². The first-order chi connectivity index (χ1) is 11.8. The van der Waals surface area contributed by atoms with Crippen LogP contribution < -0.4 is 10.6 Å². The quantitative estimate of drug-likeness (QED) is 0.335. The van der Waals surface area contributed by atoms with Gasteiger partial charge in [0.1, 0.15) is 6.54 Å². The molecule has 2 heterocycles. The van der Waals surface area contributed by atoms with E-state index < -0.39 is 0 Å². The van der Waals surface area contributed by atoms with Crippen molar-refractivity contribution < 1.29 is 14.3 Å². The smallest absolute Gasteiger partial charge is 0.242 e. The molecule has 2 N–H and O–H groups in total. The number of aliphatic imine (C=N–C) groups is 1. The van der Waals surface area contributed by atoms with E-state index in [0.717, 1.165) is 39.1 Å². The number of rotatable bonds is 5. The van der Waals surface area contributed by atoms with Crippen LogP contribution in [0.1, 0.15) is 26.7 Å². The van der Waals surface area contributed by atoms with Crippen LogP contribution in [-0.4, -0.2) is 87.1 Å². The van der Waals surface area contributed by atoms with Crippen LogP contribution in [0.5, 0.6) is 0 Å². The first-order valence-corrected chi connectivity index (χ1v) is 8.92. The van der Waals surface area contributed by atoms with E-state index in [-0.39, 0.29) is 60.3 Å². The van der Waals surface area contributed by atoms with Crippen molar-refractivity contribution in [1.29, 1.82) is 0 Å². The van der Waals surface area contributed by atoms with Gasteiger partial charge in [-0.15, -0.1) is 24.0 Å². The number of likely N-dealkylation sites (tertiary alicyclic amines) is 1. The summed E-state index contributed by atoms with van der Waals surface area (Å²) < 4.78 is 5.57. The number of nitrogens with one attached hydrogen (secondary N) is 2. The molecule has 2 amide bonds. The summed E-state index contributed by atoms with van der Waals surface area (Å²) in [7, 11) is 3.44. The molecule has 2 rings (SSSR count). The summed E-state index contributed by atoms with van der Waals surface area (Å²) in [6, 6.07) is 0.0834. The first-order valence-electron chi connectivity index (χ1n) is 8.92. The van der Waals surface area contributed by atoms with Gasteiger partial charge in [0.2, 0.25) is 11.8 Å². The highest BCUT2D eigenvalue weighted by atomic mass is 127. The zero-order valence-electron chi connectivity index (χ0n) is 16.2. The molecule has 0 aromatic carbocycles. The second-order valence-electron chi connectivity index (χ2n) is 7.48. The molecule has 1 spiro atoms. The van der Waals surface area contributed by atoms with E-state index >= 15 is 0 Å². The Morgan fingerprint density at radius 2 is 2.04 bits per heavy atom. The molecule has 2 aliphatic heterocycles. The highest BCUT2D eigenvalue weighted by Gasteiger charge is 2.42. The molecule has 0 radical (unpaired) electrons. The Labute approximate surface area is 173 Å². The van der Waals surface area contributed by atoms with Crippen LogP contribution in [0.15, 0.2) is 4.99 Å². The van der Waals surface area contributed by atoms with Gasteiger partial charge in [-0.1, -0.05) is 0 Å². The molecule has 0 aliphatic carbocycles. The molecule has 1 unspecified atom stereocenters. The maximum Gasteiger partial charge on any atom is 0.242 e. The summed E-state index contributed by atoms with van der Waals surface area (Å²) in [5.74, 6) is 0.474. The minimum atomic E-state index is -0.119. The van der Waals surface area contributed by atoms with Crippen LogP contribution in [-0.2, 0) is 14.3 Å². The lowest BCUT2D eigenvalue weighted by atomic mass is 9.87. The van der Waals surface area contributed by atoms with Crippen molar-refractivity contribution in [3.63, 3.8) is 0 Å². The summed E-state index contributed by atoms with van der Waals surface area (Å²) in [6.45, 7) is 7.35. The fourth-order valence-electron chi connectivity index (χ4n) is 3.18. The van der Waals surface area contributed by atoms with Crippen molar-refractivity contribution in [3.05, 3.63) is 0 Å². The number of carbonyl (C=O) groups excluding carboxylic acids is 2. The van der Waals surface area contributed by atoms with E-state index in [9.17, 15) is 9.59 Å². The lowest BCUT2D eigenvalue weighted by molar-refractivity contribution is -0.127. The molecule has 0 saturated carbocycles. The Morgan fingerprint density at radius 1 is 1.31 bits per heavy atom. The molecule has 150 valence electrons. The number of hydrogen-bond acceptors (Lipinski definition) is 4. The van der Waals surface area contributed by atoms with Crippen molar-refractivity contribution in [1.82, 2.24) is 20.4 Å². The molecule has 2 saturated heterocycles. The molecular formula is C17H32IN5O3. The summed E-state index contributed by atoms with van der Waals surface area (Å²) in [4.78, 5) is 31.9. The summed E-state index contributed by atoms with van der Waals surface area (Å²) in [5.41, 5.74) is 0.189. The molecule has 26 heavy (non-hydrogen) atoms. The first kappa shape index (κ1) is 22.9. The number of carbonyl (C=O) groups is 2. The summed E-state index contributed by atoms with van der Waals surface area (Å²) in [6.07, 6.45) is 2.11. The number of likely N-dealkylation sites (N-methyl/N-ethyl adjacent to an activating group) is 1. The van der Waals surface area contributed by atoms with Crippen LogP contribution in [0.25, 0.3) is 0 Å². The van der Waals surface area contributed by atoms with E-state index in [2.05, 4.69) is 20.5 Å². The Balaban J connectivity index is 0.00000338. The molecule has 2 aliphatic rings. The Kier molecular flexibility index (Phi) is 9.08. The maximum absolute atomic E-state index is 11.9. The predicted octanol–water partition coefficient (Wildman–Crippen LogP) is 0.275. The highest BCUT2D eigenvalue weighted by Crippen LogP contribution is 2.38. The van der Waals surface area contributed by atoms with Crippen LogP contribution >= 0.6 is 24.0 Å². The number of halogens is 1. The number of nitrogens with zero attached hydrogens (tertiary/aromatic N) is 3. The number of ether oxygens (including phenoxy) is 1. The van der Waals surface area contributed by atoms with Crippen LogP contribution in [0.2, 0.25) is 0 Å². The molecule has 8 nitrogen and oxygen atoms in total. The van der Waals surface area contributed by atoms with Crippen molar-refractivity contribution in [2.24, 2.45) is 10.4 Å². The second kappa shape index (κ2) is 10.3. The van der Waals surface area contributed by atoms with Gasteiger partial charge in [0, 0.05) is 45.2 Å². The Bertz CT molecular complexity index is 519. The molecule has 9 heteroatoms. The van der Waals surface area contributed by atoms with Gasteiger partial charge in [-0.2, -0.15) is 0 Å². The zero-order valence-corrected chi connectivity index (χ0v) is 18.5. The van der Waals surface area contributed by atoms with Crippen molar-refractivity contribution in [2.75, 3.05) is 53.5 Å². The van der Waals surface area contributed by atoms with Gasteiger partial charge in [-0.3, -0.25) is 9.59 Å². The number of hydrogen-bond donors (Lipinski definition) is 2. The molecule has 0 aromatic rings. The van der Waals surface area contributed by atoms with E-state index in [1.807, 2.05) is 13.8 Å². The van der Waals surface area contributed by atoms with Gasteiger partial charge in [0.15, 0.2) is 5.96 Å². The SMILES string of the molecule is CC(C)NC(=O)CN=C(NCC(=O)N(C)C)N1CCC2(CCOC2)C1.I. The van der Waals surface area contributed by atoms with E-state index in [1.165, 1.54) is 4.90 Å². The lowest BCUT2D eigenvalue weighted by Gasteiger charge is -2.25. The largest absolute Gasteiger partial charge is 0.381 e. The van der Waals surface area contributed by atoms with Crippen LogP contribution in [0.4, 0.5) is 0 Å². The topological polar surface area (TPSA) is 86.3 Å². The number of guanidine groups is 1. The fraction of sp³-hybridized carbons (Fsp3) is 0.824. The van der Waals surface area contributed by atoms with E-state index in [0.29, 0.717) is 5.96 Å². The van der Waals surface area contributed by atoms with Gasteiger partial charge in [-0.05, 0) is 26.7 Å². The highest BCUT2D eigenvalue weighted by molar-refractivity contribution is 14.0. The standard InChI is InChI=1S/C17H31N5O3.HI/c1-13(2)20-14(23)9-18-16(19-10-15(24)21(3)4)22-7-5-17(11-22)6-8-25-12-17;/h13H,5-12H2,1-4H3,(H,18,19)(H,20,23);1H. The third-order valence-corrected chi connectivity index (χ3v) is 4.64. The van der Waals surface area contributed by atoms with Crippen LogP contribution in [0, 0.1) is 5.41 Å². The van der Waals surface area contributed by atoms with Crippen molar-refractivity contribution in [2.45, 2.75) is 32.7 Å². The monoisotopic (exact) mass is 481 g/mol. The normalized spacial score (nSPS) is 22.5. The number of amides is 2. The fourth-order valence-corrected chi connectivity index (χ4v) is 3.18. The molecule has 2 fully saturated rings. The maximum atomic E-state index is 11.9. The van der Waals surface area contributed by atoms with Gasteiger partial charge in [0.25, 0.3) is 0 Å². The third-order valence-electron chi connectivity index (χ3n) is 4.64. The minimum absolute atomic E-state index is 0. The lowest BCUT2D eigenvalue weighted by Crippen LogP contribution is -2.46. The zero-order chi connectivity index (χ0) is 18.4.